The maximum Gasteiger partial charge on any atom is 0.315 e. The van der Waals surface area contributed by atoms with E-state index in [2.05, 4.69) is 10.2 Å². The van der Waals surface area contributed by atoms with Gasteiger partial charge < -0.3 is 20.3 Å². The van der Waals surface area contributed by atoms with Gasteiger partial charge in [-0.2, -0.15) is 0 Å². The van der Waals surface area contributed by atoms with E-state index in [4.69, 9.17) is 4.74 Å². The summed E-state index contributed by atoms with van der Waals surface area (Å²) < 4.78 is 5.33. The quantitative estimate of drug-likeness (QED) is 0.537. The molecule has 1 aliphatic carbocycles. The van der Waals surface area contributed by atoms with Crippen molar-refractivity contribution in [2.75, 3.05) is 32.1 Å². The lowest BCUT2D eigenvalue weighted by Gasteiger charge is -2.59. The van der Waals surface area contributed by atoms with E-state index in [1.165, 1.54) is 7.11 Å². The summed E-state index contributed by atoms with van der Waals surface area (Å²) in [7, 11) is 1.40. The van der Waals surface area contributed by atoms with Gasteiger partial charge in [0.1, 0.15) is 11.1 Å². The summed E-state index contributed by atoms with van der Waals surface area (Å²) in [4.78, 5) is 15.7. The maximum absolute atomic E-state index is 13.4. The van der Waals surface area contributed by atoms with E-state index in [-0.39, 0.29) is 18.5 Å². The normalized spacial score (nSPS) is 45.2. The second kappa shape index (κ2) is 5.34. The number of benzene rings is 1. The number of para-hydroxylation sites is 1. The molecule has 1 aromatic rings. The number of ether oxygens (including phenoxy) is 1. The molecule has 6 heteroatoms. The van der Waals surface area contributed by atoms with Crippen LogP contribution in [0.15, 0.2) is 35.9 Å². The van der Waals surface area contributed by atoms with Gasteiger partial charge in [-0.1, -0.05) is 29.8 Å². The zero-order valence-electron chi connectivity index (χ0n) is 15.7. The molecule has 1 spiro atoms. The average molecular weight is 370 g/mol. The molecule has 2 unspecified atom stereocenters. The molecule has 5 aliphatic rings. The second-order valence-corrected chi connectivity index (χ2v) is 8.30. The Labute approximate surface area is 158 Å². The molecule has 0 radical (unpaired) electrons. The molecule has 1 saturated carbocycles. The molecule has 3 N–H and O–H groups in total. The average Bonchev–Trinajstić information content (AvgIpc) is 3.11. The van der Waals surface area contributed by atoms with E-state index in [9.17, 15) is 15.0 Å². The van der Waals surface area contributed by atoms with Gasteiger partial charge in [-0.05, 0) is 31.4 Å². The lowest BCUT2D eigenvalue weighted by atomic mass is 9.45. The molecule has 0 aromatic heterocycles. The van der Waals surface area contributed by atoms with Crippen LogP contribution in [-0.2, 0) is 14.9 Å². The summed E-state index contributed by atoms with van der Waals surface area (Å²) in [5.41, 5.74) is 0.354. The van der Waals surface area contributed by atoms with Crippen LogP contribution in [0.25, 0.3) is 0 Å². The zero-order chi connectivity index (χ0) is 19.0. The van der Waals surface area contributed by atoms with Gasteiger partial charge in [-0.15, -0.1) is 0 Å². The van der Waals surface area contributed by atoms with E-state index in [1.807, 2.05) is 37.3 Å². The molecule has 144 valence electrons. The Hall–Kier alpha value is -1.89. The highest BCUT2D eigenvalue weighted by molar-refractivity contribution is 5.85. The topological polar surface area (TPSA) is 82.0 Å². The molecule has 3 saturated heterocycles. The Kier molecular flexibility index (Phi) is 3.41. The van der Waals surface area contributed by atoms with Crippen LogP contribution >= 0.6 is 0 Å². The van der Waals surface area contributed by atoms with Crippen LogP contribution < -0.4 is 5.32 Å². The molecule has 4 aliphatic heterocycles. The van der Waals surface area contributed by atoms with Gasteiger partial charge in [0.25, 0.3) is 0 Å². The zero-order valence-corrected chi connectivity index (χ0v) is 15.7. The van der Waals surface area contributed by atoms with Gasteiger partial charge in [0.15, 0.2) is 0 Å². The van der Waals surface area contributed by atoms with Crippen molar-refractivity contribution in [1.29, 1.82) is 0 Å². The molecule has 4 heterocycles. The Morgan fingerprint density at radius 2 is 2.22 bits per heavy atom. The number of aliphatic hydroxyl groups excluding tert-OH is 2. The van der Waals surface area contributed by atoms with Crippen LogP contribution in [0.4, 0.5) is 5.69 Å². The van der Waals surface area contributed by atoms with Gasteiger partial charge in [0, 0.05) is 24.7 Å². The largest absolute Gasteiger partial charge is 0.468 e. The van der Waals surface area contributed by atoms with Crippen molar-refractivity contribution in [2.45, 2.75) is 36.9 Å². The first-order valence-electron chi connectivity index (χ1n) is 9.68. The first-order chi connectivity index (χ1) is 13.0. The minimum atomic E-state index is -1.13. The van der Waals surface area contributed by atoms with Crippen LogP contribution in [0.2, 0.25) is 0 Å². The summed E-state index contributed by atoms with van der Waals surface area (Å²) in [5.74, 6) is -0.644. The number of allylic oxidation sites excluding steroid dienone is 1. The van der Waals surface area contributed by atoms with Crippen LogP contribution in [0, 0.1) is 11.3 Å². The third-order valence-electron chi connectivity index (χ3n) is 7.91. The number of hydrogen-bond acceptors (Lipinski definition) is 6. The first-order valence-corrected chi connectivity index (χ1v) is 9.68. The van der Waals surface area contributed by atoms with E-state index < -0.39 is 22.6 Å². The molecule has 27 heavy (non-hydrogen) atoms. The first kappa shape index (κ1) is 17.2. The smallest absolute Gasteiger partial charge is 0.315 e. The van der Waals surface area contributed by atoms with Crippen molar-refractivity contribution in [3.63, 3.8) is 0 Å². The van der Waals surface area contributed by atoms with Crippen molar-refractivity contribution < 1.29 is 19.7 Å². The Bertz CT molecular complexity index is 854. The molecule has 6 atom stereocenters. The fourth-order valence-corrected chi connectivity index (χ4v) is 7.01. The molecule has 4 fully saturated rings. The second-order valence-electron chi connectivity index (χ2n) is 8.30. The number of hydrogen-bond donors (Lipinski definition) is 3. The van der Waals surface area contributed by atoms with Gasteiger partial charge >= 0.3 is 5.97 Å². The molecule has 4 bridgehead atoms. The minimum Gasteiger partial charge on any atom is -0.468 e. The summed E-state index contributed by atoms with van der Waals surface area (Å²) in [6.07, 6.45) is 2.51. The van der Waals surface area contributed by atoms with Gasteiger partial charge in [0.2, 0.25) is 0 Å². The minimum absolute atomic E-state index is 0.263. The van der Waals surface area contributed by atoms with Crippen LogP contribution in [0.1, 0.15) is 25.3 Å². The number of carbonyl (C=O) groups is 1. The number of aliphatic hydroxyl groups is 2. The maximum atomic E-state index is 13.4. The lowest BCUT2D eigenvalue weighted by molar-refractivity contribution is -0.184. The fraction of sp³-hybridized carbons (Fsp3) is 0.571. The highest BCUT2D eigenvalue weighted by Crippen LogP contribution is 2.72. The predicted octanol–water partition coefficient (Wildman–Crippen LogP) is 1.24. The molecular formula is C21H26N2O4. The summed E-state index contributed by atoms with van der Waals surface area (Å²) in [5, 5.41) is 25.9. The molecule has 1 aromatic carbocycles. The van der Waals surface area contributed by atoms with Gasteiger partial charge in [-0.3, -0.25) is 9.69 Å². The SMILES string of the molecule is C/C=C1/CN2CC[C@@]34c5ccccc5N[C@@]23[C@@H](O)C[C@@H]1C4(CO)C(=O)OC. The van der Waals surface area contributed by atoms with E-state index in [0.717, 1.165) is 23.4 Å². The van der Waals surface area contributed by atoms with Crippen molar-refractivity contribution in [2.24, 2.45) is 11.3 Å². The molecular weight excluding hydrogens is 344 g/mol. The lowest BCUT2D eigenvalue weighted by Crippen LogP contribution is -2.75. The van der Waals surface area contributed by atoms with Crippen molar-refractivity contribution in [1.82, 2.24) is 4.90 Å². The molecule has 6 rings (SSSR count). The van der Waals surface area contributed by atoms with E-state index >= 15 is 0 Å². The standard InChI is InChI=1S/C21H26N2O4/c1-3-13-11-23-9-8-20-14-6-4-5-7-16(14)22-21(20,23)17(25)10-15(13)19(20,12-24)18(26)27-2/h3-7,15,17,22,24-25H,8-12H2,1-2H3/b13-3-/t15-,17-,19?,20-,21-/m0/s1. The van der Waals surface area contributed by atoms with Crippen molar-refractivity contribution in [3.05, 3.63) is 41.5 Å². The number of rotatable bonds is 2. The number of fused-ring (bicyclic) bond motifs is 3. The highest BCUT2D eigenvalue weighted by Gasteiger charge is 2.82. The molecule has 0 amide bonds. The number of esters is 1. The number of methoxy groups -OCH3 is 1. The van der Waals surface area contributed by atoms with Gasteiger partial charge in [-0.25, -0.2) is 0 Å². The monoisotopic (exact) mass is 370 g/mol. The fourth-order valence-electron chi connectivity index (χ4n) is 7.01. The van der Waals surface area contributed by atoms with Crippen molar-refractivity contribution >= 4 is 11.7 Å². The number of nitrogens with one attached hydrogen (secondary N) is 1. The van der Waals surface area contributed by atoms with Crippen molar-refractivity contribution in [3.8, 4) is 0 Å². The van der Waals surface area contributed by atoms with Gasteiger partial charge in [0.05, 0.1) is 25.2 Å². The summed E-state index contributed by atoms with van der Waals surface area (Å²) in [6.45, 7) is 3.10. The molecule has 6 nitrogen and oxygen atoms in total. The summed E-state index contributed by atoms with van der Waals surface area (Å²) >= 11 is 0. The van der Waals surface area contributed by atoms with E-state index in [1.54, 1.807) is 0 Å². The predicted molar refractivity (Wildman–Crippen MR) is 100 cm³/mol. The number of nitrogens with zero attached hydrogens (tertiary/aromatic N) is 1. The Morgan fingerprint density at radius 3 is 2.93 bits per heavy atom. The Morgan fingerprint density at radius 1 is 1.44 bits per heavy atom. The third kappa shape index (κ3) is 1.55. The highest BCUT2D eigenvalue weighted by atomic mass is 16.5. The summed E-state index contributed by atoms with van der Waals surface area (Å²) in [6, 6.07) is 7.97. The van der Waals surface area contributed by atoms with E-state index in [0.29, 0.717) is 19.4 Å². The number of carbonyl (C=O) groups excluding carboxylic acids is 1. The van der Waals surface area contributed by atoms with Crippen LogP contribution in [0.3, 0.4) is 0 Å². The third-order valence-corrected chi connectivity index (χ3v) is 7.91. The number of anilines is 1. The van der Waals surface area contributed by atoms with Crippen LogP contribution in [0.5, 0.6) is 0 Å². The Balaban J connectivity index is 1.93. The van der Waals surface area contributed by atoms with Crippen LogP contribution in [-0.4, -0.2) is 59.7 Å².